The highest BCUT2D eigenvalue weighted by Crippen LogP contribution is 2.13. The van der Waals surface area contributed by atoms with Crippen LogP contribution in [0.4, 0.5) is 0 Å². The van der Waals surface area contributed by atoms with E-state index in [1.165, 1.54) is 15.6 Å². The second-order valence-corrected chi connectivity index (χ2v) is 8.14. The van der Waals surface area contributed by atoms with Gasteiger partial charge in [0.2, 0.25) is 0 Å². The van der Waals surface area contributed by atoms with E-state index in [2.05, 4.69) is 15.2 Å². The average Bonchev–Trinajstić information content (AvgIpc) is 3.16. The summed E-state index contributed by atoms with van der Waals surface area (Å²) in [6, 6.07) is 23.9. The van der Waals surface area contributed by atoms with Gasteiger partial charge in [-0.2, -0.15) is 9.78 Å². The maximum atomic E-state index is 13.3. The van der Waals surface area contributed by atoms with Crippen molar-refractivity contribution in [1.82, 2.24) is 19.4 Å². The highest BCUT2D eigenvalue weighted by molar-refractivity contribution is 5.81. The van der Waals surface area contributed by atoms with Crippen molar-refractivity contribution in [3.63, 3.8) is 0 Å². The van der Waals surface area contributed by atoms with Crippen LogP contribution in [0.25, 0.3) is 16.6 Å². The molecule has 0 aliphatic rings. The molecule has 0 fully saturated rings. The van der Waals surface area contributed by atoms with Crippen LogP contribution in [0, 0.1) is 13.8 Å². The third-order valence-corrected chi connectivity index (χ3v) is 5.64. The van der Waals surface area contributed by atoms with E-state index in [-0.39, 0.29) is 17.7 Å². The van der Waals surface area contributed by atoms with Gasteiger partial charge < -0.3 is 4.74 Å². The van der Waals surface area contributed by atoms with Crippen molar-refractivity contribution in [2.24, 2.45) is 5.10 Å². The number of aryl methyl sites for hydroxylation is 2. The van der Waals surface area contributed by atoms with E-state index in [4.69, 9.17) is 4.74 Å². The number of para-hydroxylation sites is 2. The average molecular weight is 466 g/mol. The zero-order valence-electron chi connectivity index (χ0n) is 19.3. The second kappa shape index (κ2) is 9.26. The summed E-state index contributed by atoms with van der Waals surface area (Å²) >= 11 is 0. The quantitative estimate of drug-likeness (QED) is 0.384. The van der Waals surface area contributed by atoms with Crippen molar-refractivity contribution in [3.05, 3.63) is 122 Å². The Morgan fingerprint density at radius 3 is 2.40 bits per heavy atom. The van der Waals surface area contributed by atoms with E-state index in [1.807, 2.05) is 67.6 Å². The van der Waals surface area contributed by atoms with Crippen LogP contribution in [-0.2, 0) is 6.61 Å². The number of benzene rings is 3. The third kappa shape index (κ3) is 4.41. The lowest BCUT2D eigenvalue weighted by Crippen LogP contribution is -2.24. The lowest BCUT2D eigenvalue weighted by atomic mass is 10.2. The summed E-state index contributed by atoms with van der Waals surface area (Å²) in [5, 5.41) is 7.89. The molecule has 0 saturated heterocycles. The van der Waals surface area contributed by atoms with Crippen molar-refractivity contribution >= 4 is 17.1 Å². The first-order chi connectivity index (χ1) is 17.0. The largest absolute Gasteiger partial charge is 0.486 e. The van der Waals surface area contributed by atoms with Gasteiger partial charge in [0.05, 0.1) is 28.4 Å². The Balaban J connectivity index is 1.56. The topological polar surface area (TPSA) is 94.3 Å². The maximum Gasteiger partial charge on any atom is 0.282 e. The Bertz CT molecular complexity index is 1650. The fourth-order valence-corrected chi connectivity index (χ4v) is 3.75. The van der Waals surface area contributed by atoms with Crippen LogP contribution in [0.3, 0.4) is 0 Å². The van der Waals surface area contributed by atoms with Crippen molar-refractivity contribution in [1.29, 1.82) is 0 Å². The van der Waals surface area contributed by atoms with E-state index in [0.29, 0.717) is 39.4 Å². The van der Waals surface area contributed by atoms with Gasteiger partial charge in [0.25, 0.3) is 11.1 Å². The van der Waals surface area contributed by atoms with E-state index in [9.17, 15) is 9.59 Å². The van der Waals surface area contributed by atoms with Gasteiger partial charge in [0, 0.05) is 5.69 Å². The molecule has 5 rings (SSSR count). The third-order valence-electron chi connectivity index (χ3n) is 5.64. The molecule has 5 aromatic rings. The van der Waals surface area contributed by atoms with Gasteiger partial charge in [-0.1, -0.05) is 48.0 Å². The highest BCUT2D eigenvalue weighted by atomic mass is 16.5. The predicted molar refractivity (Wildman–Crippen MR) is 136 cm³/mol. The number of H-pyrrole nitrogens is 1. The van der Waals surface area contributed by atoms with E-state index < -0.39 is 0 Å². The number of hydrogen-bond donors (Lipinski definition) is 1. The first-order valence-electron chi connectivity index (χ1n) is 11.1. The molecule has 0 bridgehead atoms. The minimum Gasteiger partial charge on any atom is -0.486 e. The number of fused-ring (bicyclic) bond motifs is 1. The summed E-state index contributed by atoms with van der Waals surface area (Å²) in [5.41, 5.74) is 2.73. The monoisotopic (exact) mass is 465 g/mol. The minimum atomic E-state index is -0.342. The summed E-state index contributed by atoms with van der Waals surface area (Å²) < 4.78 is 8.48. The number of aromatic nitrogens is 4. The van der Waals surface area contributed by atoms with Gasteiger partial charge in [0.1, 0.15) is 12.4 Å². The predicted octanol–water partition coefficient (Wildman–Crippen LogP) is 3.95. The number of rotatable bonds is 6. The standard InChI is InChI=1S/C27H23N5O3/c1-18-12-14-20(15-13-18)31-27(34)23(19(2)30-31)16-28-32-25(17-35-21-8-4-3-5-9-21)29-24-11-7-6-10-22(24)26(32)33/h3-16,30H,17H2,1-2H3. The molecule has 0 amide bonds. The Morgan fingerprint density at radius 2 is 1.63 bits per heavy atom. The molecule has 0 aliphatic heterocycles. The van der Waals surface area contributed by atoms with Crippen LogP contribution in [0.5, 0.6) is 5.75 Å². The lowest BCUT2D eigenvalue weighted by molar-refractivity contribution is 0.289. The molecule has 0 saturated carbocycles. The Hall–Kier alpha value is -4.72. The lowest BCUT2D eigenvalue weighted by Gasteiger charge is -2.10. The Kier molecular flexibility index (Phi) is 5.85. The molecule has 0 spiro atoms. The summed E-state index contributed by atoms with van der Waals surface area (Å²) in [5.74, 6) is 0.966. The fraction of sp³-hybridized carbons (Fsp3) is 0.111. The van der Waals surface area contributed by atoms with Crippen LogP contribution in [-0.4, -0.2) is 25.7 Å². The summed E-state index contributed by atoms with van der Waals surface area (Å²) in [7, 11) is 0. The van der Waals surface area contributed by atoms with Crippen molar-refractivity contribution in [2.45, 2.75) is 20.5 Å². The van der Waals surface area contributed by atoms with Gasteiger partial charge in [-0.05, 0) is 50.2 Å². The van der Waals surface area contributed by atoms with Crippen LogP contribution in [0.2, 0.25) is 0 Å². The number of hydrogen-bond acceptors (Lipinski definition) is 5. The van der Waals surface area contributed by atoms with Gasteiger partial charge in [-0.3, -0.25) is 14.7 Å². The zero-order valence-corrected chi connectivity index (χ0v) is 19.3. The van der Waals surface area contributed by atoms with Gasteiger partial charge in [-0.15, -0.1) is 0 Å². The van der Waals surface area contributed by atoms with Gasteiger partial charge in [0.15, 0.2) is 5.82 Å². The van der Waals surface area contributed by atoms with Crippen molar-refractivity contribution in [2.75, 3.05) is 0 Å². The minimum absolute atomic E-state index is 0.0289. The molecule has 0 unspecified atom stereocenters. The second-order valence-electron chi connectivity index (χ2n) is 8.14. The SMILES string of the molecule is Cc1ccc(-n2[nH]c(C)c(C=Nn3c(COc4ccccc4)nc4ccccc4c3=O)c2=O)cc1. The molecule has 8 heteroatoms. The molecule has 174 valence electrons. The molecule has 2 heterocycles. The first kappa shape index (κ1) is 22.1. The number of nitrogens with one attached hydrogen (secondary N) is 1. The van der Waals surface area contributed by atoms with Gasteiger partial charge >= 0.3 is 0 Å². The smallest absolute Gasteiger partial charge is 0.282 e. The Morgan fingerprint density at radius 1 is 0.914 bits per heavy atom. The molecule has 0 atom stereocenters. The van der Waals surface area contributed by atoms with Crippen LogP contribution >= 0.6 is 0 Å². The van der Waals surface area contributed by atoms with Crippen molar-refractivity contribution < 1.29 is 4.74 Å². The molecular weight excluding hydrogens is 442 g/mol. The number of nitrogens with zero attached hydrogens (tertiary/aromatic N) is 4. The summed E-state index contributed by atoms with van der Waals surface area (Å²) in [4.78, 5) is 31.0. The maximum absolute atomic E-state index is 13.3. The van der Waals surface area contributed by atoms with E-state index >= 15 is 0 Å². The van der Waals surface area contributed by atoms with Crippen LogP contribution in [0.1, 0.15) is 22.6 Å². The fourth-order valence-electron chi connectivity index (χ4n) is 3.75. The first-order valence-corrected chi connectivity index (χ1v) is 11.1. The van der Waals surface area contributed by atoms with Crippen LogP contribution in [0.15, 0.2) is 93.6 Å². The summed E-state index contributed by atoms with van der Waals surface area (Å²) in [6.07, 6.45) is 1.39. The molecule has 3 aromatic carbocycles. The molecule has 2 aromatic heterocycles. The summed E-state index contributed by atoms with van der Waals surface area (Å²) in [6.45, 7) is 3.80. The molecule has 8 nitrogen and oxygen atoms in total. The molecular formula is C27H23N5O3. The molecule has 0 aliphatic carbocycles. The van der Waals surface area contributed by atoms with Crippen LogP contribution < -0.4 is 15.9 Å². The molecule has 1 N–H and O–H groups in total. The van der Waals surface area contributed by atoms with E-state index in [0.717, 1.165) is 5.56 Å². The van der Waals surface area contributed by atoms with Crippen molar-refractivity contribution in [3.8, 4) is 11.4 Å². The Labute approximate surface area is 200 Å². The van der Waals surface area contributed by atoms with Gasteiger partial charge in [-0.25, -0.2) is 9.67 Å². The molecule has 35 heavy (non-hydrogen) atoms. The normalized spacial score (nSPS) is 11.4. The zero-order chi connectivity index (χ0) is 24.4. The van der Waals surface area contributed by atoms with E-state index in [1.54, 1.807) is 25.1 Å². The molecule has 0 radical (unpaired) electrons. The highest BCUT2D eigenvalue weighted by Gasteiger charge is 2.14. The number of aromatic amines is 1. The number of ether oxygens (including phenoxy) is 1.